The summed E-state index contributed by atoms with van der Waals surface area (Å²) in [6.45, 7) is 1.62. The molecule has 80 valence electrons. The maximum atomic E-state index is 5.20. The van der Waals surface area contributed by atoms with Gasteiger partial charge in [0.1, 0.15) is 17.9 Å². The van der Waals surface area contributed by atoms with Crippen molar-refractivity contribution in [1.82, 2.24) is 20.1 Å². The van der Waals surface area contributed by atoms with Gasteiger partial charge in [0.15, 0.2) is 0 Å². The minimum atomic E-state index is 0.755. The Balaban J connectivity index is 1.70. The van der Waals surface area contributed by atoms with Gasteiger partial charge in [-0.25, -0.2) is 0 Å². The number of nitrogens with zero attached hydrogens (tertiary/aromatic N) is 3. The van der Waals surface area contributed by atoms with Gasteiger partial charge in [-0.3, -0.25) is 0 Å². The normalized spacial score (nSPS) is 10.7. The Morgan fingerprint density at radius 3 is 3.13 bits per heavy atom. The summed E-state index contributed by atoms with van der Waals surface area (Å²) in [7, 11) is 1.95. The van der Waals surface area contributed by atoms with E-state index in [0.717, 1.165) is 31.1 Å². The molecule has 0 aliphatic heterocycles. The summed E-state index contributed by atoms with van der Waals surface area (Å²) in [5, 5.41) is 11.1. The third-order valence-corrected chi connectivity index (χ3v) is 2.21. The fourth-order valence-electron chi connectivity index (χ4n) is 1.36. The van der Waals surface area contributed by atoms with E-state index in [0.29, 0.717) is 0 Å². The van der Waals surface area contributed by atoms with Crippen LogP contribution in [0.3, 0.4) is 0 Å². The topological polar surface area (TPSA) is 55.9 Å². The number of nitrogens with one attached hydrogen (secondary N) is 1. The van der Waals surface area contributed by atoms with Crippen LogP contribution in [0.2, 0.25) is 0 Å². The van der Waals surface area contributed by atoms with Crippen LogP contribution in [0, 0.1) is 0 Å². The van der Waals surface area contributed by atoms with Crippen LogP contribution >= 0.6 is 0 Å². The van der Waals surface area contributed by atoms with E-state index in [1.165, 1.54) is 0 Å². The zero-order chi connectivity index (χ0) is 10.5. The van der Waals surface area contributed by atoms with Crippen LogP contribution in [0.15, 0.2) is 29.1 Å². The summed E-state index contributed by atoms with van der Waals surface area (Å²) in [4.78, 5) is 0. The van der Waals surface area contributed by atoms with E-state index in [4.69, 9.17) is 4.42 Å². The quantitative estimate of drug-likeness (QED) is 0.733. The molecule has 0 amide bonds. The standard InChI is InChI=1S/C10H14N4O/c1-14-8-12-13-10(14)4-5-11-7-9-3-2-6-15-9/h2-3,6,8,11H,4-5,7H2,1H3. The maximum Gasteiger partial charge on any atom is 0.133 e. The van der Waals surface area contributed by atoms with Crippen LogP contribution in [0.25, 0.3) is 0 Å². The summed E-state index contributed by atoms with van der Waals surface area (Å²) >= 11 is 0. The average Bonchev–Trinajstić information content (AvgIpc) is 2.85. The SMILES string of the molecule is Cn1cnnc1CCNCc1ccco1. The number of hydrogen-bond donors (Lipinski definition) is 1. The zero-order valence-electron chi connectivity index (χ0n) is 8.68. The smallest absolute Gasteiger partial charge is 0.133 e. The highest BCUT2D eigenvalue weighted by atomic mass is 16.3. The van der Waals surface area contributed by atoms with Crippen molar-refractivity contribution in [3.63, 3.8) is 0 Å². The molecule has 0 aliphatic rings. The lowest BCUT2D eigenvalue weighted by Crippen LogP contribution is -2.17. The Bertz CT molecular complexity index is 393. The van der Waals surface area contributed by atoms with Gasteiger partial charge >= 0.3 is 0 Å². The van der Waals surface area contributed by atoms with Crippen LogP contribution in [0.5, 0.6) is 0 Å². The van der Waals surface area contributed by atoms with Gasteiger partial charge < -0.3 is 14.3 Å². The molecular formula is C10H14N4O. The van der Waals surface area contributed by atoms with Crippen LogP contribution in [0.4, 0.5) is 0 Å². The fourth-order valence-corrected chi connectivity index (χ4v) is 1.36. The molecule has 15 heavy (non-hydrogen) atoms. The lowest BCUT2D eigenvalue weighted by molar-refractivity contribution is 0.482. The number of rotatable bonds is 5. The van der Waals surface area contributed by atoms with Crippen molar-refractivity contribution >= 4 is 0 Å². The van der Waals surface area contributed by atoms with E-state index in [9.17, 15) is 0 Å². The number of aryl methyl sites for hydroxylation is 1. The highest BCUT2D eigenvalue weighted by Gasteiger charge is 2.00. The van der Waals surface area contributed by atoms with Gasteiger partial charge in [-0.1, -0.05) is 0 Å². The molecule has 0 radical (unpaired) electrons. The summed E-state index contributed by atoms with van der Waals surface area (Å²) in [5.41, 5.74) is 0. The van der Waals surface area contributed by atoms with Crippen molar-refractivity contribution < 1.29 is 4.42 Å². The minimum absolute atomic E-state index is 0.755. The van der Waals surface area contributed by atoms with Crippen molar-refractivity contribution in [2.24, 2.45) is 7.05 Å². The van der Waals surface area contributed by atoms with Gasteiger partial charge in [-0.05, 0) is 12.1 Å². The van der Waals surface area contributed by atoms with E-state index in [1.807, 2.05) is 23.7 Å². The molecule has 0 aliphatic carbocycles. The third kappa shape index (κ3) is 2.66. The van der Waals surface area contributed by atoms with Crippen molar-refractivity contribution in [2.75, 3.05) is 6.54 Å². The highest BCUT2D eigenvalue weighted by Crippen LogP contribution is 1.98. The molecule has 0 atom stereocenters. The van der Waals surface area contributed by atoms with Gasteiger partial charge in [0.25, 0.3) is 0 Å². The van der Waals surface area contributed by atoms with E-state index < -0.39 is 0 Å². The van der Waals surface area contributed by atoms with Gasteiger partial charge in [0.2, 0.25) is 0 Å². The largest absolute Gasteiger partial charge is 0.468 e. The van der Waals surface area contributed by atoms with Crippen LogP contribution in [-0.4, -0.2) is 21.3 Å². The summed E-state index contributed by atoms with van der Waals surface area (Å²) < 4.78 is 7.12. The second kappa shape index (κ2) is 4.75. The molecule has 0 fully saturated rings. The van der Waals surface area contributed by atoms with Gasteiger partial charge in [0.05, 0.1) is 12.8 Å². The summed E-state index contributed by atoms with van der Waals surface area (Å²) in [6.07, 6.45) is 4.26. The molecule has 1 N–H and O–H groups in total. The van der Waals surface area contributed by atoms with Crippen molar-refractivity contribution in [1.29, 1.82) is 0 Å². The highest BCUT2D eigenvalue weighted by molar-refractivity contribution is 4.97. The first-order chi connectivity index (χ1) is 7.36. The van der Waals surface area contributed by atoms with Crippen molar-refractivity contribution in [3.8, 4) is 0 Å². The third-order valence-electron chi connectivity index (χ3n) is 2.21. The molecule has 2 heterocycles. The molecule has 0 saturated heterocycles. The molecule has 0 aromatic carbocycles. The molecule has 2 aromatic heterocycles. The molecule has 0 unspecified atom stereocenters. The van der Waals surface area contributed by atoms with Crippen LogP contribution < -0.4 is 5.32 Å². The first-order valence-corrected chi connectivity index (χ1v) is 4.92. The van der Waals surface area contributed by atoms with E-state index in [1.54, 1.807) is 12.6 Å². The zero-order valence-corrected chi connectivity index (χ0v) is 8.68. The Hall–Kier alpha value is -1.62. The van der Waals surface area contributed by atoms with Crippen LogP contribution in [0.1, 0.15) is 11.6 Å². The Morgan fingerprint density at radius 2 is 2.47 bits per heavy atom. The number of aromatic nitrogens is 3. The van der Waals surface area contributed by atoms with Crippen LogP contribution in [-0.2, 0) is 20.0 Å². The predicted molar refractivity (Wildman–Crippen MR) is 55.1 cm³/mol. The molecule has 0 spiro atoms. The maximum absolute atomic E-state index is 5.20. The van der Waals surface area contributed by atoms with E-state index in [2.05, 4.69) is 15.5 Å². The molecule has 5 nitrogen and oxygen atoms in total. The van der Waals surface area contributed by atoms with E-state index in [-0.39, 0.29) is 0 Å². The molecule has 2 rings (SSSR count). The minimum Gasteiger partial charge on any atom is -0.468 e. The predicted octanol–water partition coefficient (Wildman–Crippen LogP) is 0.740. The molecule has 0 bridgehead atoms. The second-order valence-corrected chi connectivity index (χ2v) is 3.36. The van der Waals surface area contributed by atoms with Gasteiger partial charge in [-0.15, -0.1) is 10.2 Å². The molecule has 2 aromatic rings. The first kappa shape index (κ1) is 9.92. The Morgan fingerprint density at radius 1 is 1.53 bits per heavy atom. The van der Waals surface area contributed by atoms with Crippen molar-refractivity contribution in [3.05, 3.63) is 36.3 Å². The molecular weight excluding hydrogens is 192 g/mol. The lowest BCUT2D eigenvalue weighted by atomic mass is 10.4. The average molecular weight is 206 g/mol. The number of hydrogen-bond acceptors (Lipinski definition) is 4. The Labute approximate surface area is 88.1 Å². The van der Waals surface area contributed by atoms with Gasteiger partial charge in [0, 0.05) is 20.0 Å². The molecule has 5 heteroatoms. The van der Waals surface area contributed by atoms with Gasteiger partial charge in [-0.2, -0.15) is 0 Å². The van der Waals surface area contributed by atoms with E-state index >= 15 is 0 Å². The van der Waals surface area contributed by atoms with Crippen molar-refractivity contribution in [2.45, 2.75) is 13.0 Å². The lowest BCUT2D eigenvalue weighted by Gasteiger charge is -2.02. The monoisotopic (exact) mass is 206 g/mol. The molecule has 0 saturated carbocycles. The fraction of sp³-hybridized carbons (Fsp3) is 0.400. The number of furan rings is 1. The summed E-state index contributed by atoms with van der Waals surface area (Å²) in [6, 6.07) is 3.84. The first-order valence-electron chi connectivity index (χ1n) is 4.92. The Kier molecular flexibility index (Phi) is 3.14. The second-order valence-electron chi connectivity index (χ2n) is 3.36. The summed E-state index contributed by atoms with van der Waals surface area (Å²) in [5.74, 6) is 1.94.